The number of carbonyl (C=O) groups excluding carboxylic acids is 2. The summed E-state index contributed by atoms with van der Waals surface area (Å²) in [4.78, 5) is 25.6. The first kappa shape index (κ1) is 20.8. The number of amides is 2. The first-order valence-electron chi connectivity index (χ1n) is 7.63. The van der Waals surface area contributed by atoms with Crippen molar-refractivity contribution < 1.29 is 22.4 Å². The molecule has 0 aromatic heterocycles. The van der Waals surface area contributed by atoms with Gasteiger partial charge in [0.05, 0.1) is 15.5 Å². The van der Waals surface area contributed by atoms with Crippen molar-refractivity contribution in [3.05, 3.63) is 64.4 Å². The van der Waals surface area contributed by atoms with Crippen molar-refractivity contribution in [2.45, 2.75) is 10.9 Å². The van der Waals surface area contributed by atoms with Crippen molar-refractivity contribution in [1.82, 2.24) is 9.62 Å². The monoisotopic (exact) mass is 413 g/mol. The van der Waals surface area contributed by atoms with E-state index in [1.54, 1.807) is 0 Å². The molecule has 3 N–H and O–H groups in total. The highest BCUT2D eigenvalue weighted by molar-refractivity contribution is 7.89. The van der Waals surface area contributed by atoms with Crippen molar-refractivity contribution in [2.24, 2.45) is 5.73 Å². The Morgan fingerprint density at radius 1 is 1.22 bits per heavy atom. The maximum atomic E-state index is 13.5. The molecule has 1 atom stereocenters. The third-order valence-electron chi connectivity index (χ3n) is 3.89. The second-order valence-electron chi connectivity index (χ2n) is 5.63. The Kier molecular flexibility index (Phi) is 6.19. The molecular formula is C17H17ClFN3O4S. The molecular weight excluding hydrogens is 397 g/mol. The molecule has 0 bridgehead atoms. The van der Waals surface area contributed by atoms with E-state index in [0.29, 0.717) is 0 Å². The Labute approximate surface area is 161 Å². The maximum Gasteiger partial charge on any atom is 0.256 e. The van der Waals surface area contributed by atoms with Crippen molar-refractivity contribution in [3.8, 4) is 0 Å². The fraction of sp³-hybridized carbons (Fsp3) is 0.176. The van der Waals surface area contributed by atoms with Gasteiger partial charge in [0.2, 0.25) is 15.9 Å². The van der Waals surface area contributed by atoms with Crippen LogP contribution in [0.25, 0.3) is 0 Å². The van der Waals surface area contributed by atoms with Gasteiger partial charge >= 0.3 is 0 Å². The quantitative estimate of drug-likeness (QED) is 0.750. The largest absolute Gasteiger partial charge is 0.368 e. The third kappa shape index (κ3) is 4.44. The molecule has 0 spiro atoms. The molecule has 2 aromatic rings. The van der Waals surface area contributed by atoms with E-state index < -0.39 is 33.7 Å². The fourth-order valence-corrected chi connectivity index (χ4v) is 3.47. The van der Waals surface area contributed by atoms with Gasteiger partial charge in [-0.05, 0) is 42.9 Å². The van der Waals surface area contributed by atoms with Crippen LogP contribution < -0.4 is 10.5 Å². The average Bonchev–Trinajstić information content (AvgIpc) is 2.61. The van der Waals surface area contributed by atoms with Gasteiger partial charge in [0.25, 0.3) is 5.91 Å². The third-order valence-corrected chi connectivity index (χ3v) is 5.63. The SMILES string of the molecule is CNS(=O)(=O)c1ccc(Cl)c(C(=O)N(C)C(C(N)=O)c2cccc(F)c2)c1. The lowest BCUT2D eigenvalue weighted by molar-refractivity contribution is -0.122. The van der Waals surface area contributed by atoms with Gasteiger partial charge in [0.1, 0.15) is 11.9 Å². The lowest BCUT2D eigenvalue weighted by atomic mass is 10.0. The van der Waals surface area contributed by atoms with E-state index in [1.165, 1.54) is 44.4 Å². The van der Waals surface area contributed by atoms with Crippen molar-refractivity contribution in [3.63, 3.8) is 0 Å². The molecule has 0 aliphatic heterocycles. The number of nitrogens with one attached hydrogen (secondary N) is 1. The first-order valence-corrected chi connectivity index (χ1v) is 9.49. The number of carbonyl (C=O) groups is 2. The Morgan fingerprint density at radius 3 is 2.44 bits per heavy atom. The molecule has 2 rings (SSSR count). The van der Waals surface area contributed by atoms with Gasteiger partial charge in [-0.25, -0.2) is 17.5 Å². The molecule has 0 saturated heterocycles. The molecule has 0 saturated carbocycles. The van der Waals surface area contributed by atoms with E-state index >= 15 is 0 Å². The number of sulfonamides is 1. The zero-order valence-corrected chi connectivity index (χ0v) is 16.0. The van der Waals surface area contributed by atoms with Crippen LogP contribution in [0.3, 0.4) is 0 Å². The summed E-state index contributed by atoms with van der Waals surface area (Å²) in [6.07, 6.45) is 0. The summed E-state index contributed by atoms with van der Waals surface area (Å²) in [5, 5.41) is -0.00985. The minimum Gasteiger partial charge on any atom is -0.368 e. The molecule has 2 aromatic carbocycles. The van der Waals surface area contributed by atoms with E-state index in [-0.39, 0.29) is 21.0 Å². The van der Waals surface area contributed by atoms with Crippen LogP contribution in [0, 0.1) is 5.82 Å². The number of halogens is 2. The minimum atomic E-state index is -3.81. The van der Waals surface area contributed by atoms with Crippen LogP contribution in [0.2, 0.25) is 5.02 Å². The number of nitrogens with two attached hydrogens (primary N) is 1. The molecule has 144 valence electrons. The normalized spacial score (nSPS) is 12.4. The van der Waals surface area contributed by atoms with E-state index in [0.717, 1.165) is 17.0 Å². The number of benzene rings is 2. The standard InChI is InChI=1S/C17H17ClFN3O4S/c1-21-27(25,26)12-6-7-14(18)13(9-12)17(24)22(2)15(16(20)23)10-4-3-5-11(19)8-10/h3-9,15,21H,1-2H3,(H2,20,23). The Bertz CT molecular complexity index is 997. The molecule has 0 heterocycles. The Balaban J connectivity index is 2.49. The number of primary amides is 1. The maximum absolute atomic E-state index is 13.5. The smallest absolute Gasteiger partial charge is 0.256 e. The van der Waals surface area contributed by atoms with E-state index in [2.05, 4.69) is 4.72 Å². The summed E-state index contributed by atoms with van der Waals surface area (Å²) in [5.74, 6) is -2.23. The Hall–Kier alpha value is -2.49. The molecule has 27 heavy (non-hydrogen) atoms. The van der Waals surface area contributed by atoms with Gasteiger partial charge in [-0.3, -0.25) is 9.59 Å². The number of rotatable bonds is 6. The van der Waals surface area contributed by atoms with Gasteiger partial charge in [0, 0.05) is 7.05 Å². The summed E-state index contributed by atoms with van der Waals surface area (Å²) < 4.78 is 39.6. The van der Waals surface area contributed by atoms with Crippen LogP contribution in [0.4, 0.5) is 4.39 Å². The molecule has 2 amide bonds. The molecule has 0 aliphatic carbocycles. The Morgan fingerprint density at radius 2 is 1.89 bits per heavy atom. The number of likely N-dealkylation sites (N-methyl/N-ethyl adjacent to an activating group) is 1. The highest BCUT2D eigenvalue weighted by atomic mass is 35.5. The summed E-state index contributed by atoms with van der Waals surface area (Å²) in [5.41, 5.74) is 5.43. The summed E-state index contributed by atoms with van der Waals surface area (Å²) in [6, 6.07) is 7.43. The number of hydrogen-bond donors (Lipinski definition) is 2. The van der Waals surface area contributed by atoms with Gasteiger partial charge < -0.3 is 10.6 Å². The second-order valence-corrected chi connectivity index (χ2v) is 7.92. The number of nitrogens with zero attached hydrogens (tertiary/aromatic N) is 1. The predicted molar refractivity (Wildman–Crippen MR) is 98.1 cm³/mol. The van der Waals surface area contributed by atoms with Gasteiger partial charge in [-0.2, -0.15) is 0 Å². The molecule has 0 aliphatic rings. The molecule has 10 heteroatoms. The van der Waals surface area contributed by atoms with Crippen LogP contribution in [-0.2, 0) is 14.8 Å². The average molecular weight is 414 g/mol. The zero-order chi connectivity index (χ0) is 20.4. The minimum absolute atomic E-state index is 0.00985. The summed E-state index contributed by atoms with van der Waals surface area (Å²) in [7, 11) is -1.29. The van der Waals surface area contributed by atoms with E-state index in [4.69, 9.17) is 17.3 Å². The summed E-state index contributed by atoms with van der Waals surface area (Å²) >= 11 is 6.05. The lowest BCUT2D eigenvalue weighted by Gasteiger charge is -2.26. The van der Waals surface area contributed by atoms with Crippen LogP contribution in [-0.4, -0.2) is 39.2 Å². The molecule has 0 fully saturated rings. The first-order chi connectivity index (χ1) is 12.6. The van der Waals surface area contributed by atoms with E-state index in [9.17, 15) is 22.4 Å². The summed E-state index contributed by atoms with van der Waals surface area (Å²) in [6.45, 7) is 0. The molecule has 7 nitrogen and oxygen atoms in total. The van der Waals surface area contributed by atoms with Crippen LogP contribution in [0.5, 0.6) is 0 Å². The zero-order valence-electron chi connectivity index (χ0n) is 14.4. The second kappa shape index (κ2) is 8.03. The van der Waals surface area contributed by atoms with Crippen LogP contribution >= 0.6 is 11.6 Å². The van der Waals surface area contributed by atoms with E-state index in [1.807, 2.05) is 0 Å². The van der Waals surface area contributed by atoms with Gasteiger partial charge in [-0.15, -0.1) is 0 Å². The lowest BCUT2D eigenvalue weighted by Crippen LogP contribution is -2.39. The van der Waals surface area contributed by atoms with Gasteiger partial charge in [-0.1, -0.05) is 23.7 Å². The van der Waals surface area contributed by atoms with Crippen LogP contribution in [0.1, 0.15) is 22.0 Å². The molecule has 1 unspecified atom stereocenters. The van der Waals surface area contributed by atoms with Crippen molar-refractivity contribution >= 4 is 33.4 Å². The number of hydrogen-bond acceptors (Lipinski definition) is 4. The highest BCUT2D eigenvalue weighted by Crippen LogP contribution is 2.26. The van der Waals surface area contributed by atoms with Crippen LogP contribution in [0.15, 0.2) is 47.4 Å². The highest BCUT2D eigenvalue weighted by Gasteiger charge is 2.29. The molecule has 0 radical (unpaired) electrons. The fourth-order valence-electron chi connectivity index (χ4n) is 2.52. The topological polar surface area (TPSA) is 110 Å². The van der Waals surface area contributed by atoms with Crippen molar-refractivity contribution in [2.75, 3.05) is 14.1 Å². The predicted octanol–water partition coefficient (Wildman–Crippen LogP) is 1.69. The van der Waals surface area contributed by atoms with Crippen molar-refractivity contribution in [1.29, 1.82) is 0 Å². The van der Waals surface area contributed by atoms with Gasteiger partial charge in [0.15, 0.2) is 0 Å².